The van der Waals surface area contributed by atoms with Gasteiger partial charge in [-0.05, 0) is 24.6 Å². The molecule has 0 heterocycles. The van der Waals surface area contributed by atoms with Crippen molar-refractivity contribution in [3.05, 3.63) is 28.2 Å². The second-order valence-corrected chi connectivity index (χ2v) is 7.27. The first-order valence-electron chi connectivity index (χ1n) is 5.72. The summed E-state index contributed by atoms with van der Waals surface area (Å²) in [4.78, 5) is 11.0. The molecule has 0 bridgehead atoms. The van der Waals surface area contributed by atoms with E-state index < -0.39 is 15.8 Å². The van der Waals surface area contributed by atoms with E-state index in [-0.39, 0.29) is 29.4 Å². The van der Waals surface area contributed by atoms with E-state index in [0.717, 1.165) is 0 Å². The number of benzene rings is 1. The van der Waals surface area contributed by atoms with E-state index >= 15 is 0 Å². The average Bonchev–Trinajstić information content (AvgIpc) is 2.34. The maximum absolute atomic E-state index is 11.3. The Labute approximate surface area is 120 Å². The second-order valence-electron chi connectivity index (χ2n) is 3.88. The van der Waals surface area contributed by atoms with Crippen LogP contribution in [0, 0.1) is 0 Å². The molecule has 0 aliphatic heterocycles. The minimum atomic E-state index is -3.01. The molecular weight excluding hydrogens is 336 g/mol. The quantitative estimate of drug-likeness (QED) is 0.763. The van der Waals surface area contributed by atoms with Crippen LogP contribution in [0.2, 0.25) is 0 Å². The third kappa shape index (κ3) is 5.20. The van der Waals surface area contributed by atoms with E-state index in [1.54, 1.807) is 19.1 Å². The van der Waals surface area contributed by atoms with Gasteiger partial charge in [0.15, 0.2) is 0 Å². The van der Waals surface area contributed by atoms with Gasteiger partial charge in [-0.2, -0.15) is 0 Å². The fourth-order valence-electron chi connectivity index (χ4n) is 1.40. The number of hydrogen-bond donors (Lipinski definition) is 1. The maximum Gasteiger partial charge on any atom is 0.339 e. The summed E-state index contributed by atoms with van der Waals surface area (Å²) in [5.74, 6) is -0.705. The van der Waals surface area contributed by atoms with Crippen LogP contribution >= 0.6 is 15.9 Å². The summed E-state index contributed by atoms with van der Waals surface area (Å²) in [5, 5.41) is 8.99. The lowest BCUT2D eigenvalue weighted by Gasteiger charge is -2.09. The van der Waals surface area contributed by atoms with E-state index in [1.807, 2.05) is 0 Å². The van der Waals surface area contributed by atoms with Crippen LogP contribution in [0.25, 0.3) is 0 Å². The molecule has 7 heteroatoms. The molecule has 0 saturated heterocycles. The number of halogens is 1. The van der Waals surface area contributed by atoms with Gasteiger partial charge in [0.1, 0.15) is 21.2 Å². The number of carbonyl (C=O) groups is 1. The minimum Gasteiger partial charge on any atom is -0.493 e. The molecule has 0 radical (unpaired) electrons. The van der Waals surface area contributed by atoms with Crippen molar-refractivity contribution >= 4 is 31.7 Å². The third-order valence-electron chi connectivity index (χ3n) is 2.47. The van der Waals surface area contributed by atoms with Crippen LogP contribution in [0.15, 0.2) is 22.7 Å². The Morgan fingerprint density at radius 1 is 1.42 bits per heavy atom. The van der Waals surface area contributed by atoms with Gasteiger partial charge in [0.25, 0.3) is 0 Å². The monoisotopic (exact) mass is 350 g/mol. The summed E-state index contributed by atoms with van der Waals surface area (Å²) in [6, 6.07) is 4.60. The summed E-state index contributed by atoms with van der Waals surface area (Å²) in [6.45, 7) is 1.75. The van der Waals surface area contributed by atoms with Crippen molar-refractivity contribution in [2.45, 2.75) is 13.3 Å². The van der Waals surface area contributed by atoms with Gasteiger partial charge in [-0.3, -0.25) is 0 Å². The molecule has 0 aliphatic rings. The largest absolute Gasteiger partial charge is 0.493 e. The van der Waals surface area contributed by atoms with E-state index in [0.29, 0.717) is 10.9 Å². The van der Waals surface area contributed by atoms with Gasteiger partial charge in [-0.1, -0.05) is 22.9 Å². The van der Waals surface area contributed by atoms with E-state index in [1.165, 1.54) is 6.07 Å². The van der Waals surface area contributed by atoms with Crippen molar-refractivity contribution in [3.8, 4) is 5.75 Å². The molecule has 0 aromatic heterocycles. The number of ether oxygens (including phenoxy) is 1. The fraction of sp³-hybridized carbons (Fsp3) is 0.417. The third-order valence-corrected chi connectivity index (χ3v) is 4.75. The molecule has 106 valence electrons. The highest BCUT2D eigenvalue weighted by Gasteiger charge is 2.12. The van der Waals surface area contributed by atoms with E-state index in [9.17, 15) is 13.2 Å². The van der Waals surface area contributed by atoms with Gasteiger partial charge < -0.3 is 9.84 Å². The summed E-state index contributed by atoms with van der Waals surface area (Å²) < 4.78 is 28.6. The normalized spacial score (nSPS) is 11.3. The smallest absolute Gasteiger partial charge is 0.339 e. The summed E-state index contributed by atoms with van der Waals surface area (Å²) in [7, 11) is -3.01. The average molecular weight is 351 g/mol. The molecule has 0 unspecified atom stereocenters. The number of carboxylic acids is 1. The predicted molar refractivity (Wildman–Crippen MR) is 75.5 cm³/mol. The first-order chi connectivity index (χ1) is 8.85. The molecule has 1 N–H and O–H groups in total. The molecule has 0 atom stereocenters. The molecule has 1 aromatic rings. The minimum absolute atomic E-state index is 0.0416. The first-order valence-corrected chi connectivity index (χ1v) is 8.33. The van der Waals surface area contributed by atoms with E-state index in [4.69, 9.17) is 9.84 Å². The van der Waals surface area contributed by atoms with Crippen molar-refractivity contribution in [2.75, 3.05) is 18.1 Å². The first kappa shape index (κ1) is 16.0. The number of rotatable bonds is 7. The molecule has 19 heavy (non-hydrogen) atoms. The van der Waals surface area contributed by atoms with Crippen LogP contribution in [-0.4, -0.2) is 37.6 Å². The van der Waals surface area contributed by atoms with Gasteiger partial charge in [0, 0.05) is 10.2 Å². The molecule has 0 saturated carbocycles. The van der Waals surface area contributed by atoms with Crippen molar-refractivity contribution < 1.29 is 23.1 Å². The lowest BCUT2D eigenvalue weighted by atomic mass is 10.2. The molecule has 1 aromatic carbocycles. The maximum atomic E-state index is 11.3. The molecular formula is C12H15BrO5S. The summed E-state index contributed by atoms with van der Waals surface area (Å²) in [6.07, 6.45) is 0.335. The summed E-state index contributed by atoms with van der Waals surface area (Å²) in [5.41, 5.74) is 0.0570. The zero-order valence-corrected chi connectivity index (χ0v) is 12.8. The number of carboxylic acid groups (broad SMARTS) is 1. The Morgan fingerprint density at radius 3 is 2.68 bits per heavy atom. The lowest BCUT2D eigenvalue weighted by molar-refractivity contribution is 0.0692. The predicted octanol–water partition coefficient (Wildman–Crippen LogP) is 2.35. The van der Waals surface area contributed by atoms with Gasteiger partial charge in [-0.15, -0.1) is 0 Å². The topological polar surface area (TPSA) is 80.7 Å². The zero-order valence-electron chi connectivity index (χ0n) is 10.4. The van der Waals surface area contributed by atoms with Gasteiger partial charge in [0.2, 0.25) is 0 Å². The lowest BCUT2D eigenvalue weighted by Crippen LogP contribution is -2.12. The Balaban J connectivity index is 2.63. The highest BCUT2D eigenvalue weighted by atomic mass is 79.9. The molecule has 0 fully saturated rings. The zero-order chi connectivity index (χ0) is 14.5. The van der Waals surface area contributed by atoms with E-state index in [2.05, 4.69) is 15.9 Å². The highest BCUT2D eigenvalue weighted by Crippen LogP contribution is 2.24. The Kier molecular flexibility index (Phi) is 5.81. The Hall–Kier alpha value is -1.08. The van der Waals surface area contributed by atoms with Crippen LogP contribution < -0.4 is 4.74 Å². The molecule has 0 aliphatic carbocycles. The Morgan fingerprint density at radius 2 is 2.11 bits per heavy atom. The van der Waals surface area contributed by atoms with Crippen LogP contribution in [0.4, 0.5) is 0 Å². The van der Waals surface area contributed by atoms with Crippen molar-refractivity contribution in [3.63, 3.8) is 0 Å². The Bertz CT molecular complexity index is 553. The van der Waals surface area contributed by atoms with Gasteiger partial charge in [0.05, 0.1) is 12.4 Å². The fourth-order valence-corrected chi connectivity index (χ4v) is 2.58. The molecule has 1 rings (SSSR count). The molecule has 5 nitrogen and oxygen atoms in total. The van der Waals surface area contributed by atoms with Crippen LogP contribution in [0.3, 0.4) is 0 Å². The molecule has 0 spiro atoms. The summed E-state index contributed by atoms with van der Waals surface area (Å²) >= 11 is 3.23. The standard InChI is InChI=1S/C12H15BrO5S/c1-2-19(16,17)7-3-6-18-11-8-9(13)4-5-10(11)12(14)15/h4-5,8H,2-3,6-7H2,1H3,(H,14,15). The van der Waals surface area contributed by atoms with Crippen molar-refractivity contribution in [2.24, 2.45) is 0 Å². The number of hydrogen-bond acceptors (Lipinski definition) is 4. The second kappa shape index (κ2) is 6.91. The van der Waals surface area contributed by atoms with Gasteiger partial charge >= 0.3 is 5.97 Å². The molecule has 0 amide bonds. The van der Waals surface area contributed by atoms with Crippen LogP contribution in [0.5, 0.6) is 5.75 Å². The van der Waals surface area contributed by atoms with Crippen LogP contribution in [-0.2, 0) is 9.84 Å². The number of aromatic carboxylic acids is 1. The number of sulfone groups is 1. The highest BCUT2D eigenvalue weighted by molar-refractivity contribution is 9.10. The van der Waals surface area contributed by atoms with Crippen molar-refractivity contribution in [1.29, 1.82) is 0 Å². The van der Waals surface area contributed by atoms with Crippen LogP contribution in [0.1, 0.15) is 23.7 Å². The SMILES string of the molecule is CCS(=O)(=O)CCCOc1cc(Br)ccc1C(=O)O. The van der Waals surface area contributed by atoms with Gasteiger partial charge in [-0.25, -0.2) is 13.2 Å². The van der Waals surface area contributed by atoms with Crippen molar-refractivity contribution in [1.82, 2.24) is 0 Å².